The topological polar surface area (TPSA) is 65.4 Å². The molecule has 0 radical (unpaired) electrons. The first-order valence-electron chi connectivity index (χ1n) is 12.6. The Balaban J connectivity index is 1.27. The summed E-state index contributed by atoms with van der Waals surface area (Å²) < 4.78 is 13.5. The second kappa shape index (κ2) is 12.2. The van der Waals surface area contributed by atoms with Gasteiger partial charge in [-0.05, 0) is 62.6 Å². The molecular weight excluding hydrogens is 450 g/mol. The predicted octanol–water partition coefficient (Wildman–Crippen LogP) is 5.88. The van der Waals surface area contributed by atoms with Crippen LogP contribution in [0.2, 0.25) is 0 Å². The number of aromatic nitrogens is 2. The Labute approximate surface area is 213 Å². The Kier molecular flexibility index (Phi) is 8.61. The second-order valence-electron chi connectivity index (χ2n) is 9.08. The quantitative estimate of drug-likeness (QED) is 0.254. The van der Waals surface area contributed by atoms with Crippen LogP contribution in [-0.4, -0.2) is 35.7 Å². The molecule has 3 aromatic carbocycles. The molecule has 6 nitrogen and oxygen atoms in total. The van der Waals surface area contributed by atoms with Gasteiger partial charge in [0.05, 0.1) is 24.7 Å². The van der Waals surface area contributed by atoms with Crippen LogP contribution >= 0.6 is 0 Å². The van der Waals surface area contributed by atoms with Crippen LogP contribution in [0.15, 0.2) is 66.7 Å². The number of benzene rings is 3. The molecule has 1 amide bonds. The summed E-state index contributed by atoms with van der Waals surface area (Å²) in [4.78, 5) is 17.4. The summed E-state index contributed by atoms with van der Waals surface area (Å²) in [7, 11) is 1.65. The molecular formula is C30H35N3O3. The SMILES string of the molecule is COc1cccc(OCCn2c(CCCCCNC(=O)c3ccc(C)cc3C)nc3ccccc32)c1. The molecule has 1 heterocycles. The molecule has 0 aliphatic carbocycles. The van der Waals surface area contributed by atoms with Crippen molar-refractivity contribution in [3.63, 3.8) is 0 Å². The number of nitrogens with one attached hydrogen (secondary N) is 1. The van der Waals surface area contributed by atoms with Gasteiger partial charge in [-0.2, -0.15) is 0 Å². The third-order valence-electron chi connectivity index (χ3n) is 6.35. The van der Waals surface area contributed by atoms with Crippen molar-refractivity contribution in [3.8, 4) is 11.5 Å². The number of unbranched alkanes of at least 4 members (excludes halogenated alkanes) is 2. The van der Waals surface area contributed by atoms with Crippen LogP contribution in [-0.2, 0) is 13.0 Å². The molecule has 0 saturated carbocycles. The summed E-state index contributed by atoms with van der Waals surface area (Å²) in [5.74, 6) is 2.66. The van der Waals surface area contributed by atoms with Crippen molar-refractivity contribution in [2.75, 3.05) is 20.3 Å². The fourth-order valence-corrected chi connectivity index (χ4v) is 4.46. The molecule has 0 aliphatic rings. The Morgan fingerprint density at radius 1 is 0.944 bits per heavy atom. The summed E-state index contributed by atoms with van der Waals surface area (Å²) in [5, 5.41) is 3.06. The maximum Gasteiger partial charge on any atom is 0.251 e. The molecule has 0 spiro atoms. The van der Waals surface area contributed by atoms with Gasteiger partial charge in [0.1, 0.15) is 23.9 Å². The molecule has 0 fully saturated rings. The summed E-state index contributed by atoms with van der Waals surface area (Å²) in [6.45, 7) is 5.97. The Morgan fingerprint density at radius 2 is 1.78 bits per heavy atom. The van der Waals surface area contributed by atoms with Gasteiger partial charge < -0.3 is 19.4 Å². The molecule has 4 rings (SSSR count). The van der Waals surface area contributed by atoms with E-state index in [1.165, 1.54) is 5.56 Å². The van der Waals surface area contributed by atoms with Crippen LogP contribution in [0.25, 0.3) is 11.0 Å². The number of amides is 1. The molecule has 188 valence electrons. The fourth-order valence-electron chi connectivity index (χ4n) is 4.46. The maximum atomic E-state index is 12.5. The number of methoxy groups -OCH3 is 1. The monoisotopic (exact) mass is 485 g/mol. The minimum absolute atomic E-state index is 0.00493. The number of imidazole rings is 1. The van der Waals surface area contributed by atoms with Gasteiger partial charge in [-0.15, -0.1) is 0 Å². The number of hydrogen-bond acceptors (Lipinski definition) is 4. The molecule has 0 saturated heterocycles. The van der Waals surface area contributed by atoms with Crippen LogP contribution in [0.4, 0.5) is 0 Å². The van der Waals surface area contributed by atoms with Gasteiger partial charge >= 0.3 is 0 Å². The zero-order valence-electron chi connectivity index (χ0n) is 21.4. The lowest BCUT2D eigenvalue weighted by Gasteiger charge is -2.12. The van der Waals surface area contributed by atoms with E-state index in [1.807, 2.05) is 68.4 Å². The fraction of sp³-hybridized carbons (Fsp3) is 0.333. The lowest BCUT2D eigenvalue weighted by atomic mass is 10.1. The van der Waals surface area contributed by atoms with E-state index in [4.69, 9.17) is 14.5 Å². The van der Waals surface area contributed by atoms with Crippen molar-refractivity contribution in [3.05, 3.63) is 89.2 Å². The largest absolute Gasteiger partial charge is 0.497 e. The van der Waals surface area contributed by atoms with Crippen molar-refractivity contribution >= 4 is 16.9 Å². The Morgan fingerprint density at radius 3 is 2.61 bits per heavy atom. The number of para-hydroxylation sites is 2. The average molecular weight is 486 g/mol. The first kappa shape index (κ1) is 25.3. The average Bonchev–Trinajstić information content (AvgIpc) is 3.23. The van der Waals surface area contributed by atoms with Gasteiger partial charge in [-0.1, -0.05) is 42.3 Å². The van der Waals surface area contributed by atoms with Gasteiger partial charge in [0.2, 0.25) is 0 Å². The summed E-state index contributed by atoms with van der Waals surface area (Å²) >= 11 is 0. The van der Waals surface area contributed by atoms with E-state index >= 15 is 0 Å². The van der Waals surface area contributed by atoms with Crippen LogP contribution in [0.3, 0.4) is 0 Å². The molecule has 0 atom stereocenters. The molecule has 0 aliphatic heterocycles. The number of aryl methyl sites for hydroxylation is 3. The molecule has 0 bridgehead atoms. The van der Waals surface area contributed by atoms with Gasteiger partial charge in [-0.3, -0.25) is 4.79 Å². The highest BCUT2D eigenvalue weighted by atomic mass is 16.5. The normalized spacial score (nSPS) is 11.0. The highest BCUT2D eigenvalue weighted by Gasteiger charge is 2.11. The maximum absolute atomic E-state index is 12.5. The van der Waals surface area contributed by atoms with Gasteiger partial charge in [0.25, 0.3) is 5.91 Å². The number of rotatable bonds is 12. The third kappa shape index (κ3) is 6.45. The van der Waals surface area contributed by atoms with Crippen LogP contribution < -0.4 is 14.8 Å². The number of fused-ring (bicyclic) bond motifs is 1. The predicted molar refractivity (Wildman–Crippen MR) is 144 cm³/mol. The van der Waals surface area contributed by atoms with Crippen molar-refractivity contribution in [1.82, 2.24) is 14.9 Å². The summed E-state index contributed by atoms with van der Waals surface area (Å²) in [6, 6.07) is 21.8. The van der Waals surface area contributed by atoms with E-state index in [0.717, 1.165) is 71.7 Å². The van der Waals surface area contributed by atoms with Crippen LogP contribution in [0.1, 0.15) is 46.6 Å². The van der Waals surface area contributed by atoms with E-state index in [2.05, 4.69) is 22.0 Å². The highest BCUT2D eigenvalue weighted by Crippen LogP contribution is 2.21. The standard InChI is InChI=1S/C30H35N3O3/c1-22-15-16-26(23(2)20-22)30(34)31-17-8-4-5-14-29-32-27-12-6-7-13-28(27)33(29)18-19-36-25-11-9-10-24(21-25)35-3/h6-7,9-13,15-16,20-21H,4-5,8,14,17-19H2,1-3H3,(H,31,34). The first-order chi connectivity index (χ1) is 17.5. The van der Waals surface area contributed by atoms with Gasteiger partial charge in [-0.25, -0.2) is 4.98 Å². The van der Waals surface area contributed by atoms with E-state index < -0.39 is 0 Å². The Hall–Kier alpha value is -3.80. The van der Waals surface area contributed by atoms with E-state index in [1.54, 1.807) is 7.11 Å². The molecule has 6 heteroatoms. The van der Waals surface area contributed by atoms with Crippen molar-refractivity contribution in [2.45, 2.75) is 46.1 Å². The molecule has 4 aromatic rings. The van der Waals surface area contributed by atoms with E-state index in [0.29, 0.717) is 13.2 Å². The van der Waals surface area contributed by atoms with Crippen molar-refractivity contribution < 1.29 is 14.3 Å². The minimum atomic E-state index is 0.00493. The highest BCUT2D eigenvalue weighted by molar-refractivity contribution is 5.95. The Bertz CT molecular complexity index is 1310. The second-order valence-corrected chi connectivity index (χ2v) is 9.08. The number of carbonyl (C=O) groups is 1. The molecule has 0 unspecified atom stereocenters. The summed E-state index contributed by atoms with van der Waals surface area (Å²) in [6.07, 6.45) is 3.87. The van der Waals surface area contributed by atoms with Gasteiger partial charge in [0, 0.05) is 24.6 Å². The van der Waals surface area contributed by atoms with Crippen LogP contribution in [0, 0.1) is 13.8 Å². The smallest absolute Gasteiger partial charge is 0.251 e. The van der Waals surface area contributed by atoms with E-state index in [9.17, 15) is 4.79 Å². The number of carbonyl (C=O) groups excluding carboxylic acids is 1. The third-order valence-corrected chi connectivity index (χ3v) is 6.35. The van der Waals surface area contributed by atoms with Crippen LogP contribution in [0.5, 0.6) is 11.5 Å². The molecule has 36 heavy (non-hydrogen) atoms. The number of hydrogen-bond donors (Lipinski definition) is 1. The van der Waals surface area contributed by atoms with E-state index in [-0.39, 0.29) is 5.91 Å². The zero-order valence-corrected chi connectivity index (χ0v) is 21.4. The number of nitrogens with zero attached hydrogens (tertiary/aromatic N) is 2. The molecule has 1 aromatic heterocycles. The van der Waals surface area contributed by atoms with Crippen molar-refractivity contribution in [1.29, 1.82) is 0 Å². The minimum Gasteiger partial charge on any atom is -0.497 e. The van der Waals surface area contributed by atoms with Crippen molar-refractivity contribution in [2.24, 2.45) is 0 Å². The number of ether oxygens (including phenoxy) is 2. The van der Waals surface area contributed by atoms with Gasteiger partial charge in [0.15, 0.2) is 0 Å². The summed E-state index contributed by atoms with van der Waals surface area (Å²) in [5.41, 5.74) is 5.08. The first-order valence-corrected chi connectivity index (χ1v) is 12.6. The zero-order chi connectivity index (χ0) is 25.3. The lowest BCUT2D eigenvalue weighted by molar-refractivity contribution is 0.0952. The lowest BCUT2D eigenvalue weighted by Crippen LogP contribution is -2.25. The molecule has 1 N–H and O–H groups in total.